The van der Waals surface area contributed by atoms with Gasteiger partial charge >= 0.3 is 5.69 Å². The minimum Gasteiger partial charge on any atom is -0.468 e. The van der Waals surface area contributed by atoms with Crippen LogP contribution in [0.3, 0.4) is 0 Å². The second-order valence-corrected chi connectivity index (χ2v) is 7.40. The fourth-order valence-electron chi connectivity index (χ4n) is 2.87. The van der Waals surface area contributed by atoms with Crippen molar-refractivity contribution in [1.82, 2.24) is 13.4 Å². The summed E-state index contributed by atoms with van der Waals surface area (Å²) in [4.78, 5) is 23.6. The zero-order valence-corrected chi connectivity index (χ0v) is 13.6. The van der Waals surface area contributed by atoms with Gasteiger partial charge in [0.15, 0.2) is 4.90 Å². The largest absolute Gasteiger partial charge is 0.468 e. The Balaban J connectivity index is 2.13. The van der Waals surface area contributed by atoms with Crippen molar-refractivity contribution < 1.29 is 12.8 Å². The van der Waals surface area contributed by atoms with Crippen LogP contribution in [-0.2, 0) is 24.1 Å². The van der Waals surface area contributed by atoms with Gasteiger partial charge in [-0.2, -0.15) is 4.31 Å². The Hall–Kier alpha value is -2.13. The third-order valence-electron chi connectivity index (χ3n) is 4.08. The Labute approximate surface area is 132 Å². The normalized spacial score (nSPS) is 19.3. The molecule has 2 aromatic rings. The number of aromatic nitrogens is 2. The summed E-state index contributed by atoms with van der Waals surface area (Å²) < 4.78 is 34.4. The molecule has 0 aliphatic carbocycles. The summed E-state index contributed by atoms with van der Waals surface area (Å²) in [6.45, 7) is 0.305. The minimum absolute atomic E-state index is 0.305. The van der Waals surface area contributed by atoms with Crippen molar-refractivity contribution in [2.75, 3.05) is 6.54 Å². The Kier molecular flexibility index (Phi) is 3.77. The highest BCUT2D eigenvalue weighted by molar-refractivity contribution is 7.89. The van der Waals surface area contributed by atoms with Crippen molar-refractivity contribution in [2.45, 2.75) is 23.8 Å². The van der Waals surface area contributed by atoms with Crippen LogP contribution in [0.25, 0.3) is 0 Å². The lowest BCUT2D eigenvalue weighted by Crippen LogP contribution is -2.42. The summed E-state index contributed by atoms with van der Waals surface area (Å²) in [5.41, 5.74) is -1.39. The molecule has 0 bridgehead atoms. The van der Waals surface area contributed by atoms with E-state index in [9.17, 15) is 18.0 Å². The lowest BCUT2D eigenvalue weighted by Gasteiger charge is -2.22. The fourth-order valence-corrected chi connectivity index (χ4v) is 4.69. The maximum atomic E-state index is 12.9. The predicted molar refractivity (Wildman–Crippen MR) is 81.5 cm³/mol. The van der Waals surface area contributed by atoms with Crippen molar-refractivity contribution in [3.8, 4) is 0 Å². The standard InChI is InChI=1S/C14H17N3O5S/c1-15-9-12(13(18)16(2)14(15)19)23(20,21)17-7-3-5-10(17)11-6-4-8-22-11/h4,6,8-10H,3,5,7H2,1-2H3. The van der Waals surface area contributed by atoms with E-state index in [-0.39, 0.29) is 0 Å². The molecule has 0 radical (unpaired) electrons. The van der Waals surface area contributed by atoms with Crippen LogP contribution in [0, 0.1) is 0 Å². The third kappa shape index (κ3) is 2.45. The lowest BCUT2D eigenvalue weighted by molar-refractivity contribution is 0.339. The molecule has 0 saturated carbocycles. The van der Waals surface area contributed by atoms with Crippen molar-refractivity contribution in [1.29, 1.82) is 0 Å². The molecule has 0 spiro atoms. The highest BCUT2D eigenvalue weighted by Gasteiger charge is 2.39. The Morgan fingerprint density at radius 1 is 1.26 bits per heavy atom. The zero-order valence-electron chi connectivity index (χ0n) is 12.8. The number of sulfonamides is 1. The van der Waals surface area contributed by atoms with Gasteiger partial charge in [-0.3, -0.25) is 9.36 Å². The fraction of sp³-hybridized carbons (Fsp3) is 0.429. The van der Waals surface area contributed by atoms with E-state index in [0.29, 0.717) is 25.1 Å². The van der Waals surface area contributed by atoms with E-state index in [1.807, 2.05) is 0 Å². The smallest absolute Gasteiger partial charge is 0.330 e. The van der Waals surface area contributed by atoms with Gasteiger partial charge in [-0.1, -0.05) is 0 Å². The van der Waals surface area contributed by atoms with E-state index in [1.54, 1.807) is 12.1 Å². The van der Waals surface area contributed by atoms with Crippen LogP contribution in [0.2, 0.25) is 0 Å². The summed E-state index contributed by atoms with van der Waals surface area (Å²) in [6.07, 6.45) is 3.87. The Bertz CT molecular complexity index is 940. The van der Waals surface area contributed by atoms with E-state index >= 15 is 0 Å². The molecule has 3 heterocycles. The van der Waals surface area contributed by atoms with Crippen molar-refractivity contribution in [3.05, 3.63) is 51.2 Å². The molecule has 2 aromatic heterocycles. The van der Waals surface area contributed by atoms with Gasteiger partial charge < -0.3 is 8.98 Å². The highest BCUT2D eigenvalue weighted by Crippen LogP contribution is 2.35. The van der Waals surface area contributed by atoms with Crippen molar-refractivity contribution in [2.24, 2.45) is 14.1 Å². The second-order valence-electron chi connectivity index (χ2n) is 5.54. The molecule has 1 fully saturated rings. The highest BCUT2D eigenvalue weighted by atomic mass is 32.2. The van der Waals surface area contributed by atoms with E-state index in [0.717, 1.165) is 15.3 Å². The maximum absolute atomic E-state index is 12.9. The molecular weight excluding hydrogens is 322 g/mol. The lowest BCUT2D eigenvalue weighted by atomic mass is 10.2. The van der Waals surface area contributed by atoms with Gasteiger partial charge in [-0.05, 0) is 25.0 Å². The molecule has 1 saturated heterocycles. The average molecular weight is 339 g/mol. The molecular formula is C14H17N3O5S. The molecule has 1 aliphatic heterocycles. The molecule has 0 amide bonds. The van der Waals surface area contributed by atoms with Crippen molar-refractivity contribution in [3.63, 3.8) is 0 Å². The summed E-state index contributed by atoms with van der Waals surface area (Å²) in [5, 5.41) is 0. The first-order chi connectivity index (χ1) is 10.8. The molecule has 1 atom stereocenters. The van der Waals surface area contributed by atoms with Gasteiger partial charge in [0.1, 0.15) is 5.76 Å². The number of nitrogens with zero attached hydrogens (tertiary/aromatic N) is 3. The van der Waals surface area contributed by atoms with Gasteiger partial charge in [0.05, 0.1) is 12.3 Å². The monoisotopic (exact) mass is 339 g/mol. The first-order valence-corrected chi connectivity index (χ1v) is 8.60. The molecule has 124 valence electrons. The molecule has 0 aromatic carbocycles. The SMILES string of the molecule is Cn1cc(S(=O)(=O)N2CCCC2c2ccco2)c(=O)n(C)c1=O. The molecule has 1 unspecified atom stereocenters. The number of hydrogen-bond donors (Lipinski definition) is 0. The Morgan fingerprint density at radius 2 is 2.00 bits per heavy atom. The van der Waals surface area contributed by atoms with Crippen LogP contribution in [0.5, 0.6) is 0 Å². The third-order valence-corrected chi connectivity index (χ3v) is 5.97. The van der Waals surface area contributed by atoms with Crippen LogP contribution >= 0.6 is 0 Å². The quantitative estimate of drug-likeness (QED) is 0.796. The van der Waals surface area contributed by atoms with Gasteiger partial charge in [0.2, 0.25) is 0 Å². The zero-order chi connectivity index (χ0) is 16.8. The molecule has 23 heavy (non-hydrogen) atoms. The van der Waals surface area contributed by atoms with Crippen LogP contribution < -0.4 is 11.2 Å². The summed E-state index contributed by atoms with van der Waals surface area (Å²) >= 11 is 0. The molecule has 1 aliphatic rings. The molecule has 9 heteroatoms. The minimum atomic E-state index is -4.03. The van der Waals surface area contributed by atoms with Crippen LogP contribution in [0.1, 0.15) is 24.6 Å². The van der Waals surface area contributed by atoms with E-state index in [1.165, 1.54) is 24.7 Å². The molecule has 8 nitrogen and oxygen atoms in total. The number of aryl methyl sites for hydroxylation is 1. The van der Waals surface area contributed by atoms with Crippen LogP contribution in [0.4, 0.5) is 0 Å². The molecule has 3 rings (SSSR count). The number of rotatable bonds is 3. The van der Waals surface area contributed by atoms with E-state index in [2.05, 4.69) is 0 Å². The topological polar surface area (TPSA) is 94.5 Å². The van der Waals surface area contributed by atoms with Gasteiger partial charge in [0.25, 0.3) is 15.6 Å². The van der Waals surface area contributed by atoms with Crippen molar-refractivity contribution >= 4 is 10.0 Å². The predicted octanol–water partition coefficient (Wildman–Crippen LogP) is 0.203. The second kappa shape index (κ2) is 5.50. The molecule has 0 N–H and O–H groups in total. The summed E-state index contributed by atoms with van der Waals surface area (Å²) in [6, 6.07) is 2.98. The first kappa shape index (κ1) is 15.8. The first-order valence-electron chi connectivity index (χ1n) is 7.16. The van der Waals surface area contributed by atoms with Gasteiger partial charge in [-0.25, -0.2) is 13.2 Å². The summed E-state index contributed by atoms with van der Waals surface area (Å²) in [5.74, 6) is 0.549. The van der Waals surface area contributed by atoms with Gasteiger partial charge in [0, 0.05) is 26.8 Å². The maximum Gasteiger partial charge on any atom is 0.330 e. The van der Waals surface area contributed by atoms with E-state index in [4.69, 9.17) is 4.42 Å². The van der Waals surface area contributed by atoms with E-state index < -0.39 is 32.2 Å². The van der Waals surface area contributed by atoms with Crippen LogP contribution in [-0.4, -0.2) is 28.4 Å². The Morgan fingerprint density at radius 3 is 2.65 bits per heavy atom. The van der Waals surface area contributed by atoms with Gasteiger partial charge in [-0.15, -0.1) is 0 Å². The number of hydrogen-bond acceptors (Lipinski definition) is 5. The average Bonchev–Trinajstić information content (AvgIpc) is 3.18. The number of furan rings is 1. The van der Waals surface area contributed by atoms with Crippen LogP contribution in [0.15, 0.2) is 43.5 Å². The summed E-state index contributed by atoms with van der Waals surface area (Å²) in [7, 11) is -1.35.